The average Bonchev–Trinajstić information content (AvgIpc) is 2.78. The smallest absolute Gasteiger partial charge is 0.407 e. The Morgan fingerprint density at radius 3 is 2.57 bits per heavy atom. The molecule has 0 saturated heterocycles. The highest BCUT2D eigenvalue weighted by atomic mass is 16.6. The molecule has 0 spiro atoms. The van der Waals surface area contributed by atoms with Crippen LogP contribution in [-0.4, -0.2) is 39.5 Å². The first-order valence-electron chi connectivity index (χ1n) is 7.19. The van der Waals surface area contributed by atoms with Gasteiger partial charge in [-0.3, -0.25) is 0 Å². The Labute approximate surface area is 126 Å². The molecule has 0 aromatic carbocycles. The molecule has 120 valence electrons. The molecular formula is C15H27N3O3. The maximum Gasteiger partial charge on any atom is 0.407 e. The zero-order chi connectivity index (χ0) is 16.1. The number of aliphatic hydroxyl groups is 1. The van der Waals surface area contributed by atoms with Crippen LogP contribution in [0.2, 0.25) is 0 Å². The van der Waals surface area contributed by atoms with E-state index in [2.05, 4.69) is 10.3 Å². The highest BCUT2D eigenvalue weighted by Crippen LogP contribution is 2.22. The molecule has 1 heterocycles. The van der Waals surface area contributed by atoms with E-state index < -0.39 is 17.1 Å². The summed E-state index contributed by atoms with van der Waals surface area (Å²) < 4.78 is 7.16. The summed E-state index contributed by atoms with van der Waals surface area (Å²) in [6.07, 6.45) is 4.66. The van der Waals surface area contributed by atoms with E-state index in [1.807, 2.05) is 45.5 Å². The molecule has 0 aliphatic carbocycles. The summed E-state index contributed by atoms with van der Waals surface area (Å²) in [5.41, 5.74) is -0.921. The van der Waals surface area contributed by atoms with Crippen LogP contribution in [0.1, 0.15) is 39.9 Å². The summed E-state index contributed by atoms with van der Waals surface area (Å²) in [4.78, 5) is 15.9. The van der Waals surface area contributed by atoms with E-state index >= 15 is 0 Å². The maximum absolute atomic E-state index is 11.7. The number of amides is 1. The van der Waals surface area contributed by atoms with Crippen LogP contribution in [0, 0.1) is 5.41 Å². The molecule has 1 unspecified atom stereocenters. The number of hydrogen-bond acceptors (Lipinski definition) is 4. The number of aliphatic hydroxyl groups excluding tert-OH is 1. The number of imidazole rings is 1. The SMILES string of the molecule is Cn1ccnc1CCC(C)(CO)CNC(=O)OC(C)(C)C. The average molecular weight is 297 g/mol. The van der Waals surface area contributed by atoms with Crippen molar-refractivity contribution in [3.63, 3.8) is 0 Å². The summed E-state index contributed by atoms with van der Waals surface area (Å²) in [7, 11) is 1.94. The number of carbonyl (C=O) groups is 1. The number of nitrogens with one attached hydrogen (secondary N) is 1. The van der Waals surface area contributed by atoms with Crippen molar-refractivity contribution < 1.29 is 14.6 Å². The molecule has 1 rings (SSSR count). The fraction of sp³-hybridized carbons (Fsp3) is 0.733. The van der Waals surface area contributed by atoms with Crippen LogP contribution in [0.15, 0.2) is 12.4 Å². The van der Waals surface area contributed by atoms with Gasteiger partial charge >= 0.3 is 6.09 Å². The van der Waals surface area contributed by atoms with Gasteiger partial charge in [-0.25, -0.2) is 9.78 Å². The molecule has 1 aromatic heterocycles. The van der Waals surface area contributed by atoms with Gasteiger partial charge in [0, 0.05) is 37.8 Å². The van der Waals surface area contributed by atoms with Gasteiger partial charge in [-0.1, -0.05) is 6.92 Å². The number of alkyl carbamates (subject to hydrolysis) is 1. The van der Waals surface area contributed by atoms with Crippen LogP contribution in [0.5, 0.6) is 0 Å². The van der Waals surface area contributed by atoms with Crippen molar-refractivity contribution in [2.75, 3.05) is 13.2 Å². The minimum absolute atomic E-state index is 0.00673. The van der Waals surface area contributed by atoms with Crippen LogP contribution >= 0.6 is 0 Å². The third-order valence-electron chi connectivity index (χ3n) is 3.31. The third kappa shape index (κ3) is 6.16. The number of ether oxygens (including phenoxy) is 1. The minimum atomic E-state index is -0.521. The van der Waals surface area contributed by atoms with Crippen LogP contribution in [0.4, 0.5) is 4.79 Å². The van der Waals surface area contributed by atoms with Gasteiger partial charge in [-0.2, -0.15) is 0 Å². The first kappa shape index (κ1) is 17.5. The lowest BCUT2D eigenvalue weighted by molar-refractivity contribution is 0.0472. The summed E-state index contributed by atoms with van der Waals surface area (Å²) >= 11 is 0. The Kier molecular flexibility index (Phi) is 5.78. The number of hydrogen-bond donors (Lipinski definition) is 2. The van der Waals surface area contributed by atoms with Crippen LogP contribution < -0.4 is 5.32 Å². The molecular weight excluding hydrogens is 270 g/mol. The summed E-state index contributed by atoms with van der Waals surface area (Å²) in [6.45, 7) is 7.75. The van der Waals surface area contributed by atoms with Gasteiger partial charge in [0.25, 0.3) is 0 Å². The van der Waals surface area contributed by atoms with Crippen molar-refractivity contribution in [2.45, 2.75) is 46.1 Å². The summed E-state index contributed by atoms with van der Waals surface area (Å²) in [5.74, 6) is 0.965. The van der Waals surface area contributed by atoms with Gasteiger partial charge in [-0.05, 0) is 27.2 Å². The lowest BCUT2D eigenvalue weighted by Crippen LogP contribution is -2.41. The van der Waals surface area contributed by atoms with Crippen molar-refractivity contribution in [2.24, 2.45) is 12.5 Å². The van der Waals surface area contributed by atoms with E-state index in [9.17, 15) is 9.90 Å². The van der Waals surface area contributed by atoms with Crippen molar-refractivity contribution in [3.05, 3.63) is 18.2 Å². The largest absolute Gasteiger partial charge is 0.444 e. The van der Waals surface area contributed by atoms with Gasteiger partial charge in [-0.15, -0.1) is 0 Å². The van der Waals surface area contributed by atoms with Gasteiger partial charge in [0.2, 0.25) is 0 Å². The molecule has 21 heavy (non-hydrogen) atoms. The van der Waals surface area contributed by atoms with Gasteiger partial charge in [0.05, 0.1) is 6.61 Å². The van der Waals surface area contributed by atoms with E-state index in [0.29, 0.717) is 6.54 Å². The van der Waals surface area contributed by atoms with Crippen LogP contribution in [0.3, 0.4) is 0 Å². The molecule has 0 fully saturated rings. The van der Waals surface area contributed by atoms with Crippen LogP contribution in [-0.2, 0) is 18.2 Å². The molecule has 0 aliphatic rings. The van der Waals surface area contributed by atoms with Gasteiger partial charge < -0.3 is 19.7 Å². The fourth-order valence-corrected chi connectivity index (χ4v) is 1.87. The Morgan fingerprint density at radius 2 is 2.10 bits per heavy atom. The normalized spacial score (nSPS) is 14.6. The Balaban J connectivity index is 2.48. The Hall–Kier alpha value is -1.56. The molecule has 0 aliphatic heterocycles. The molecule has 6 nitrogen and oxygen atoms in total. The number of carbonyl (C=O) groups excluding carboxylic acids is 1. The highest BCUT2D eigenvalue weighted by molar-refractivity contribution is 5.67. The van der Waals surface area contributed by atoms with Gasteiger partial charge in [0.15, 0.2) is 0 Å². The van der Waals surface area contributed by atoms with E-state index in [4.69, 9.17) is 4.74 Å². The molecule has 0 saturated carbocycles. The van der Waals surface area contributed by atoms with Gasteiger partial charge in [0.1, 0.15) is 11.4 Å². The number of rotatable bonds is 6. The van der Waals surface area contributed by atoms with E-state index in [-0.39, 0.29) is 6.61 Å². The monoisotopic (exact) mass is 297 g/mol. The number of aryl methyl sites for hydroxylation is 2. The quantitative estimate of drug-likeness (QED) is 0.840. The third-order valence-corrected chi connectivity index (χ3v) is 3.31. The molecule has 0 radical (unpaired) electrons. The molecule has 1 amide bonds. The van der Waals surface area contributed by atoms with Crippen molar-refractivity contribution in [1.29, 1.82) is 0 Å². The van der Waals surface area contributed by atoms with Crippen molar-refractivity contribution in [3.8, 4) is 0 Å². The molecule has 6 heteroatoms. The lowest BCUT2D eigenvalue weighted by Gasteiger charge is -2.28. The Bertz CT molecular complexity index is 465. The highest BCUT2D eigenvalue weighted by Gasteiger charge is 2.26. The van der Waals surface area contributed by atoms with Crippen LogP contribution in [0.25, 0.3) is 0 Å². The zero-order valence-electron chi connectivity index (χ0n) is 13.6. The maximum atomic E-state index is 11.7. The lowest BCUT2D eigenvalue weighted by atomic mass is 9.86. The second-order valence-electron chi connectivity index (χ2n) is 6.78. The summed E-state index contributed by atoms with van der Waals surface area (Å²) in [6, 6.07) is 0. The van der Waals surface area contributed by atoms with E-state index in [1.165, 1.54) is 0 Å². The topological polar surface area (TPSA) is 76.4 Å². The fourth-order valence-electron chi connectivity index (χ4n) is 1.87. The number of aromatic nitrogens is 2. The summed E-state index contributed by atoms with van der Waals surface area (Å²) in [5, 5.41) is 12.3. The number of nitrogens with zero attached hydrogens (tertiary/aromatic N) is 2. The molecule has 1 atom stereocenters. The molecule has 0 bridgehead atoms. The first-order chi connectivity index (χ1) is 9.65. The predicted molar refractivity (Wildman–Crippen MR) is 81.0 cm³/mol. The first-order valence-corrected chi connectivity index (χ1v) is 7.19. The van der Waals surface area contributed by atoms with Crippen molar-refractivity contribution in [1.82, 2.24) is 14.9 Å². The zero-order valence-corrected chi connectivity index (χ0v) is 13.6. The molecule has 1 aromatic rings. The van der Waals surface area contributed by atoms with E-state index in [1.54, 1.807) is 6.20 Å². The Morgan fingerprint density at radius 1 is 1.43 bits per heavy atom. The van der Waals surface area contributed by atoms with E-state index in [0.717, 1.165) is 18.7 Å². The molecule has 2 N–H and O–H groups in total. The predicted octanol–water partition coefficient (Wildman–Crippen LogP) is 1.88. The second kappa shape index (κ2) is 6.93. The van der Waals surface area contributed by atoms with Crippen molar-refractivity contribution >= 4 is 6.09 Å². The second-order valence-corrected chi connectivity index (χ2v) is 6.78. The minimum Gasteiger partial charge on any atom is -0.444 e. The standard InChI is InChI=1S/C15H27N3O3/c1-14(2,3)21-13(20)17-10-15(4,11-19)7-6-12-16-8-9-18(12)5/h8-9,19H,6-7,10-11H2,1-5H3,(H,17,20).